The Morgan fingerprint density at radius 1 is 0.733 bits per heavy atom. The Bertz CT molecular complexity index is 624. The molecule has 0 aliphatic carbocycles. The lowest BCUT2D eigenvalue weighted by molar-refractivity contribution is -0.230. The average molecular weight is 440 g/mol. The number of methoxy groups -OCH3 is 2. The fourth-order valence-corrected chi connectivity index (χ4v) is 3.58. The van der Waals surface area contributed by atoms with Crippen LogP contribution in [0.1, 0.15) is 71.6 Å². The van der Waals surface area contributed by atoms with E-state index in [1.54, 1.807) is 14.2 Å². The number of halogens is 5. The lowest BCUT2D eigenvalue weighted by atomic mass is 9.88. The quantitative estimate of drug-likeness (QED) is 0.105. The molecule has 0 saturated carbocycles. The molecule has 8 heteroatoms. The molecule has 1 atom stereocenters. The lowest BCUT2D eigenvalue weighted by Gasteiger charge is -2.35. The average Bonchev–Trinajstić information content (AvgIpc) is 2.76. The van der Waals surface area contributed by atoms with Crippen molar-refractivity contribution >= 4 is 5.69 Å². The van der Waals surface area contributed by atoms with Crippen molar-refractivity contribution in [3.05, 3.63) is 29.1 Å². The summed E-state index contributed by atoms with van der Waals surface area (Å²) >= 11 is 0. The number of hydrogen-bond acceptors (Lipinski definition) is 3. The van der Waals surface area contributed by atoms with E-state index in [2.05, 4.69) is 12.2 Å². The molecule has 1 N–H and O–H groups in total. The minimum absolute atomic E-state index is 0.0249. The van der Waals surface area contributed by atoms with Crippen LogP contribution in [0.3, 0.4) is 0 Å². The third-order valence-corrected chi connectivity index (χ3v) is 5.70. The molecule has 0 amide bonds. The van der Waals surface area contributed by atoms with Crippen LogP contribution in [0.5, 0.6) is 0 Å². The number of unbranched alkanes of at least 4 members (excludes halogenated alkanes) is 5. The Morgan fingerprint density at radius 3 is 1.73 bits per heavy atom. The van der Waals surface area contributed by atoms with Gasteiger partial charge in [-0.2, -0.15) is 0 Å². The Kier molecular flexibility index (Phi) is 11.6. The topological polar surface area (TPSA) is 30.5 Å². The normalized spacial score (nSPS) is 13.0. The van der Waals surface area contributed by atoms with Gasteiger partial charge in [-0.15, -0.1) is 0 Å². The van der Waals surface area contributed by atoms with Crippen molar-refractivity contribution in [2.45, 2.75) is 77.4 Å². The maximum absolute atomic E-state index is 13.8. The van der Waals surface area contributed by atoms with Crippen molar-refractivity contribution in [3.8, 4) is 0 Å². The second-order valence-corrected chi connectivity index (χ2v) is 7.69. The maximum atomic E-state index is 13.8. The molecule has 0 heterocycles. The van der Waals surface area contributed by atoms with Gasteiger partial charge < -0.3 is 14.8 Å². The van der Waals surface area contributed by atoms with E-state index in [9.17, 15) is 22.0 Å². The fraction of sp³-hybridized carbons (Fsp3) is 0.727. The van der Waals surface area contributed by atoms with Crippen LogP contribution >= 0.6 is 0 Å². The van der Waals surface area contributed by atoms with Crippen molar-refractivity contribution in [2.75, 3.05) is 26.1 Å². The Balaban J connectivity index is 2.65. The third-order valence-electron chi connectivity index (χ3n) is 5.70. The SMILES string of the molecule is CCCCCCCCC(CCCNc1c(F)c(F)c(F)c(F)c1F)C(C)(OC)OC. The Hall–Kier alpha value is -1.41. The molecule has 30 heavy (non-hydrogen) atoms. The van der Waals surface area contributed by atoms with Gasteiger partial charge >= 0.3 is 0 Å². The number of benzene rings is 1. The fourth-order valence-electron chi connectivity index (χ4n) is 3.58. The van der Waals surface area contributed by atoms with Crippen molar-refractivity contribution in [1.82, 2.24) is 0 Å². The van der Waals surface area contributed by atoms with E-state index in [0.29, 0.717) is 12.8 Å². The molecular weight excluding hydrogens is 405 g/mol. The summed E-state index contributed by atoms with van der Waals surface area (Å²) in [6, 6.07) is 0. The zero-order valence-corrected chi connectivity index (χ0v) is 18.4. The van der Waals surface area contributed by atoms with Crippen LogP contribution in [0.25, 0.3) is 0 Å². The highest BCUT2D eigenvalue weighted by Crippen LogP contribution is 2.32. The third kappa shape index (κ3) is 7.08. The molecule has 174 valence electrons. The number of rotatable bonds is 15. The molecule has 1 rings (SSSR count). The van der Waals surface area contributed by atoms with Gasteiger partial charge in [-0.3, -0.25) is 0 Å². The van der Waals surface area contributed by atoms with E-state index in [4.69, 9.17) is 9.47 Å². The van der Waals surface area contributed by atoms with E-state index in [1.807, 2.05) is 6.92 Å². The van der Waals surface area contributed by atoms with Crippen LogP contribution in [0.4, 0.5) is 27.6 Å². The van der Waals surface area contributed by atoms with Crippen LogP contribution in [0.2, 0.25) is 0 Å². The number of hydrogen-bond donors (Lipinski definition) is 1. The van der Waals surface area contributed by atoms with Crippen LogP contribution < -0.4 is 5.32 Å². The zero-order valence-electron chi connectivity index (χ0n) is 18.4. The molecule has 1 aromatic rings. The van der Waals surface area contributed by atoms with E-state index >= 15 is 0 Å². The van der Waals surface area contributed by atoms with Crippen LogP contribution in [-0.4, -0.2) is 26.6 Å². The largest absolute Gasteiger partial charge is 0.380 e. The highest BCUT2D eigenvalue weighted by molar-refractivity contribution is 5.47. The summed E-state index contributed by atoms with van der Waals surface area (Å²) in [5.41, 5.74) is -1.000. The predicted octanol–water partition coefficient (Wildman–Crippen LogP) is 6.95. The van der Waals surface area contributed by atoms with E-state index in [-0.39, 0.29) is 12.5 Å². The van der Waals surface area contributed by atoms with Gasteiger partial charge in [-0.1, -0.05) is 45.4 Å². The van der Waals surface area contributed by atoms with Gasteiger partial charge in [-0.25, -0.2) is 22.0 Å². The summed E-state index contributed by atoms with van der Waals surface area (Å²) in [5.74, 6) is -10.6. The van der Waals surface area contributed by atoms with Crippen LogP contribution in [0.15, 0.2) is 0 Å². The summed E-state index contributed by atoms with van der Waals surface area (Å²) in [6.45, 7) is 4.06. The smallest absolute Gasteiger partial charge is 0.200 e. The first-order chi connectivity index (χ1) is 14.2. The number of ether oxygens (including phenoxy) is 2. The first kappa shape index (κ1) is 26.6. The monoisotopic (exact) mass is 439 g/mol. The zero-order chi connectivity index (χ0) is 22.7. The van der Waals surface area contributed by atoms with Gasteiger partial charge in [0.15, 0.2) is 29.1 Å². The van der Waals surface area contributed by atoms with Crippen molar-refractivity contribution < 1.29 is 31.4 Å². The lowest BCUT2D eigenvalue weighted by Crippen LogP contribution is -2.39. The minimum Gasteiger partial charge on any atom is -0.380 e. The maximum Gasteiger partial charge on any atom is 0.200 e. The van der Waals surface area contributed by atoms with Crippen molar-refractivity contribution in [1.29, 1.82) is 0 Å². The Morgan fingerprint density at radius 2 is 1.20 bits per heavy atom. The predicted molar refractivity (Wildman–Crippen MR) is 108 cm³/mol. The molecule has 0 aliphatic rings. The molecule has 0 bridgehead atoms. The second kappa shape index (κ2) is 13.1. The summed E-state index contributed by atoms with van der Waals surface area (Å²) in [4.78, 5) is 0. The van der Waals surface area contributed by atoms with E-state index in [1.165, 1.54) is 25.7 Å². The number of anilines is 1. The molecule has 0 fully saturated rings. The molecule has 3 nitrogen and oxygen atoms in total. The van der Waals surface area contributed by atoms with Gasteiger partial charge in [0, 0.05) is 26.7 Å². The van der Waals surface area contributed by atoms with Crippen molar-refractivity contribution in [2.24, 2.45) is 5.92 Å². The Labute approximate surface area is 176 Å². The van der Waals surface area contributed by atoms with Gasteiger partial charge in [-0.05, 0) is 26.2 Å². The van der Waals surface area contributed by atoms with E-state index in [0.717, 1.165) is 19.3 Å². The van der Waals surface area contributed by atoms with Crippen LogP contribution in [0, 0.1) is 35.0 Å². The van der Waals surface area contributed by atoms with Crippen LogP contribution in [-0.2, 0) is 9.47 Å². The summed E-state index contributed by atoms with van der Waals surface area (Å²) in [6.07, 6.45) is 8.79. The first-order valence-corrected chi connectivity index (χ1v) is 10.6. The standard InChI is InChI=1S/C22H34F5NO2/c1-5-6-7-8-9-10-12-15(22(2,29-3)30-4)13-11-14-28-21-19(26)17(24)16(23)18(25)20(21)27/h15,28H,5-14H2,1-4H3. The van der Waals surface area contributed by atoms with Crippen molar-refractivity contribution in [3.63, 3.8) is 0 Å². The summed E-state index contributed by atoms with van der Waals surface area (Å²) in [5, 5.41) is 2.35. The highest BCUT2D eigenvalue weighted by Gasteiger charge is 2.33. The molecule has 0 aromatic heterocycles. The molecule has 1 unspecified atom stereocenters. The minimum atomic E-state index is -2.16. The van der Waals surface area contributed by atoms with E-state index < -0.39 is 40.6 Å². The summed E-state index contributed by atoms with van der Waals surface area (Å²) in [7, 11) is 3.12. The second-order valence-electron chi connectivity index (χ2n) is 7.69. The molecule has 1 aromatic carbocycles. The first-order valence-electron chi connectivity index (χ1n) is 10.6. The molecule has 0 spiro atoms. The molecule has 0 saturated heterocycles. The summed E-state index contributed by atoms with van der Waals surface area (Å²) < 4.78 is 78.3. The highest BCUT2D eigenvalue weighted by atomic mass is 19.2. The number of nitrogens with one attached hydrogen (secondary N) is 1. The molecular formula is C22H34F5NO2. The van der Waals surface area contributed by atoms with Gasteiger partial charge in [0.2, 0.25) is 5.82 Å². The van der Waals surface area contributed by atoms with Gasteiger partial charge in [0.25, 0.3) is 0 Å². The molecule has 0 aliphatic heterocycles. The van der Waals surface area contributed by atoms with Gasteiger partial charge in [0.05, 0.1) is 0 Å². The molecule has 0 radical (unpaired) electrons. The van der Waals surface area contributed by atoms with Gasteiger partial charge in [0.1, 0.15) is 5.69 Å².